The van der Waals surface area contributed by atoms with Crippen LogP contribution in [0.15, 0.2) is 30.9 Å². The van der Waals surface area contributed by atoms with Crippen LogP contribution in [0.25, 0.3) is 0 Å². The molecule has 0 bridgehead atoms. The number of piperazine rings is 1. The van der Waals surface area contributed by atoms with E-state index < -0.39 is 0 Å². The number of nitriles is 1. The van der Waals surface area contributed by atoms with E-state index in [1.54, 1.807) is 4.90 Å². The molecule has 3 aliphatic heterocycles. The second kappa shape index (κ2) is 11.1. The fraction of sp³-hybridized carbons (Fsp3) is 0.533. The van der Waals surface area contributed by atoms with Gasteiger partial charge in [-0.3, -0.25) is 14.6 Å². The number of fused-ring (bicyclic) bond motifs is 2. The molecule has 2 N–H and O–H groups in total. The van der Waals surface area contributed by atoms with Gasteiger partial charge in [-0.25, -0.2) is 0 Å². The third-order valence-electron chi connectivity index (χ3n) is 9.04. The van der Waals surface area contributed by atoms with Crippen LogP contribution in [0.4, 0.5) is 11.5 Å². The van der Waals surface area contributed by atoms with Crippen molar-refractivity contribution in [3.8, 4) is 12.1 Å². The van der Waals surface area contributed by atoms with Crippen molar-refractivity contribution in [2.24, 2.45) is 0 Å². The van der Waals surface area contributed by atoms with Crippen molar-refractivity contribution in [2.45, 2.75) is 70.2 Å². The molecule has 210 valence electrons. The predicted molar refractivity (Wildman–Crippen MR) is 152 cm³/mol. The first-order chi connectivity index (χ1) is 19.4. The highest BCUT2D eigenvalue weighted by Crippen LogP contribution is 2.42. The third-order valence-corrected chi connectivity index (χ3v) is 9.04. The second-order valence-corrected chi connectivity index (χ2v) is 11.4. The van der Waals surface area contributed by atoms with Crippen LogP contribution in [-0.2, 0) is 24.3 Å². The Morgan fingerprint density at radius 2 is 2.12 bits per heavy atom. The fourth-order valence-corrected chi connectivity index (χ4v) is 6.84. The van der Waals surface area contributed by atoms with Crippen LogP contribution in [0.2, 0.25) is 0 Å². The molecule has 1 aromatic carbocycles. The number of anilines is 2. The number of rotatable bonds is 7. The molecule has 10 nitrogen and oxygen atoms in total. The Kier molecular flexibility index (Phi) is 7.34. The maximum atomic E-state index is 12.5. The summed E-state index contributed by atoms with van der Waals surface area (Å²) in [6, 6.07) is 9.50. The standard InChI is InChI=1S/C30H38N8O2/c1-3-28(39)38-14-13-35(16-23(38)10-11-31)29-25-17-37(27-9-6-21-15-22(32)7-8-24(21)27)18-26(25)33-30(34-29)40-19-36-12-4-5-20(36)2/h3,7-8,15,20,23,27H,1,4-6,9-10,12-14,16-19,32H2,2H3/t20?,23-,27?/m0/s1. The number of likely N-dealkylation sites (tertiary alicyclic amines) is 1. The summed E-state index contributed by atoms with van der Waals surface area (Å²) in [5.74, 6) is 0.726. The Bertz CT molecular complexity index is 1340. The van der Waals surface area contributed by atoms with E-state index in [1.165, 1.54) is 30.0 Å². The van der Waals surface area contributed by atoms with Crippen molar-refractivity contribution in [2.75, 3.05) is 43.5 Å². The number of aromatic nitrogens is 2. The SMILES string of the molecule is C=CC(=O)N1CCN(c2nc(OCN3CCCC3C)nc3c2CN(C2CCc4cc(N)ccc42)C3)C[C@@H]1CC#N. The van der Waals surface area contributed by atoms with E-state index in [0.29, 0.717) is 44.5 Å². The van der Waals surface area contributed by atoms with Gasteiger partial charge in [0, 0.05) is 62.6 Å². The number of nitrogens with zero attached hydrogens (tertiary/aromatic N) is 7. The van der Waals surface area contributed by atoms with Crippen LogP contribution in [-0.4, -0.2) is 75.6 Å². The number of hydrogen-bond donors (Lipinski definition) is 1. The molecule has 0 saturated carbocycles. The number of benzene rings is 1. The molecular weight excluding hydrogens is 504 g/mol. The Hall–Kier alpha value is -3.68. The van der Waals surface area contributed by atoms with Gasteiger partial charge in [-0.1, -0.05) is 12.6 Å². The van der Waals surface area contributed by atoms with E-state index in [4.69, 9.17) is 20.4 Å². The zero-order chi connectivity index (χ0) is 27.8. The first kappa shape index (κ1) is 26.5. The molecule has 4 heterocycles. The van der Waals surface area contributed by atoms with Gasteiger partial charge < -0.3 is 20.3 Å². The van der Waals surface area contributed by atoms with Gasteiger partial charge in [0.05, 0.1) is 24.2 Å². The molecule has 2 fully saturated rings. The molecule has 2 saturated heterocycles. The summed E-state index contributed by atoms with van der Waals surface area (Å²) in [4.78, 5) is 31.2. The summed E-state index contributed by atoms with van der Waals surface area (Å²) >= 11 is 0. The smallest absolute Gasteiger partial charge is 0.319 e. The number of nitrogen functional groups attached to an aromatic ring is 1. The van der Waals surface area contributed by atoms with Crippen molar-refractivity contribution in [3.05, 3.63) is 53.2 Å². The normalized spacial score (nSPS) is 24.6. The number of hydrogen-bond acceptors (Lipinski definition) is 9. The number of ether oxygens (including phenoxy) is 1. The van der Waals surface area contributed by atoms with Crippen LogP contribution in [0.5, 0.6) is 6.01 Å². The first-order valence-electron chi connectivity index (χ1n) is 14.4. The van der Waals surface area contributed by atoms with E-state index in [0.717, 1.165) is 55.2 Å². The van der Waals surface area contributed by atoms with Crippen molar-refractivity contribution in [1.29, 1.82) is 5.26 Å². The van der Waals surface area contributed by atoms with E-state index in [2.05, 4.69) is 46.4 Å². The number of carbonyl (C=O) groups excluding carboxylic acids is 1. The van der Waals surface area contributed by atoms with Gasteiger partial charge in [0.2, 0.25) is 5.91 Å². The van der Waals surface area contributed by atoms with Crippen molar-refractivity contribution in [1.82, 2.24) is 24.7 Å². The van der Waals surface area contributed by atoms with E-state index in [1.807, 2.05) is 6.07 Å². The minimum atomic E-state index is -0.227. The van der Waals surface area contributed by atoms with Gasteiger partial charge in [0.25, 0.3) is 0 Å². The predicted octanol–water partition coefficient (Wildman–Crippen LogP) is 3.00. The lowest BCUT2D eigenvalue weighted by Crippen LogP contribution is -2.55. The van der Waals surface area contributed by atoms with Crippen LogP contribution in [0.3, 0.4) is 0 Å². The molecule has 0 radical (unpaired) electrons. The van der Waals surface area contributed by atoms with Crippen LogP contribution in [0, 0.1) is 11.3 Å². The molecule has 1 aliphatic carbocycles. The van der Waals surface area contributed by atoms with E-state index >= 15 is 0 Å². The summed E-state index contributed by atoms with van der Waals surface area (Å²) in [7, 11) is 0. The average molecular weight is 543 g/mol. The number of carbonyl (C=O) groups is 1. The van der Waals surface area contributed by atoms with Crippen LogP contribution < -0.4 is 15.4 Å². The molecule has 4 aliphatic rings. The Balaban J connectivity index is 1.29. The summed E-state index contributed by atoms with van der Waals surface area (Å²) < 4.78 is 6.21. The largest absolute Gasteiger partial charge is 0.447 e. The van der Waals surface area contributed by atoms with Crippen molar-refractivity contribution in [3.63, 3.8) is 0 Å². The first-order valence-corrected chi connectivity index (χ1v) is 14.4. The zero-order valence-electron chi connectivity index (χ0n) is 23.3. The summed E-state index contributed by atoms with van der Waals surface area (Å²) in [5, 5.41) is 9.50. The highest BCUT2D eigenvalue weighted by molar-refractivity contribution is 5.87. The van der Waals surface area contributed by atoms with Gasteiger partial charge in [-0.2, -0.15) is 15.2 Å². The van der Waals surface area contributed by atoms with Gasteiger partial charge in [0.1, 0.15) is 12.5 Å². The van der Waals surface area contributed by atoms with Gasteiger partial charge in [-0.05, 0) is 61.9 Å². The van der Waals surface area contributed by atoms with Crippen LogP contribution in [0.1, 0.15) is 61.0 Å². The summed E-state index contributed by atoms with van der Waals surface area (Å²) in [5.41, 5.74) is 11.7. The monoisotopic (exact) mass is 542 g/mol. The lowest BCUT2D eigenvalue weighted by molar-refractivity contribution is -0.128. The molecule has 3 atom stereocenters. The highest BCUT2D eigenvalue weighted by Gasteiger charge is 2.37. The van der Waals surface area contributed by atoms with Gasteiger partial charge >= 0.3 is 6.01 Å². The summed E-state index contributed by atoms with van der Waals surface area (Å²) in [6.45, 7) is 10.5. The molecule has 1 aromatic heterocycles. The maximum absolute atomic E-state index is 12.5. The molecule has 6 rings (SSSR count). The maximum Gasteiger partial charge on any atom is 0.319 e. The van der Waals surface area contributed by atoms with Gasteiger partial charge in [-0.15, -0.1) is 0 Å². The average Bonchev–Trinajstić information content (AvgIpc) is 3.68. The molecule has 2 unspecified atom stereocenters. The quantitative estimate of drug-likeness (QED) is 0.416. The molecular formula is C30H38N8O2. The fourth-order valence-electron chi connectivity index (χ4n) is 6.84. The summed E-state index contributed by atoms with van der Waals surface area (Å²) in [6.07, 6.45) is 6.02. The molecule has 10 heteroatoms. The molecule has 1 amide bonds. The number of aryl methyl sites for hydroxylation is 1. The Morgan fingerprint density at radius 3 is 2.90 bits per heavy atom. The zero-order valence-corrected chi connectivity index (χ0v) is 23.3. The lowest BCUT2D eigenvalue weighted by atomic mass is 10.1. The third kappa shape index (κ3) is 5.00. The minimum Gasteiger partial charge on any atom is -0.447 e. The Labute approximate surface area is 236 Å². The van der Waals surface area contributed by atoms with Crippen molar-refractivity contribution < 1.29 is 9.53 Å². The van der Waals surface area contributed by atoms with Crippen LogP contribution >= 0.6 is 0 Å². The van der Waals surface area contributed by atoms with E-state index in [9.17, 15) is 10.1 Å². The molecule has 2 aromatic rings. The molecule has 40 heavy (non-hydrogen) atoms. The topological polar surface area (TPSA) is 115 Å². The number of nitrogens with two attached hydrogens (primary N) is 1. The minimum absolute atomic E-state index is 0.136. The van der Waals surface area contributed by atoms with E-state index in [-0.39, 0.29) is 18.4 Å². The number of amides is 1. The lowest BCUT2D eigenvalue weighted by Gasteiger charge is -2.41. The van der Waals surface area contributed by atoms with Crippen molar-refractivity contribution >= 4 is 17.4 Å². The molecule has 0 spiro atoms. The highest BCUT2D eigenvalue weighted by atomic mass is 16.5. The van der Waals surface area contributed by atoms with Gasteiger partial charge in [0.15, 0.2) is 0 Å². The Morgan fingerprint density at radius 1 is 1.25 bits per heavy atom. The second-order valence-electron chi connectivity index (χ2n) is 11.4.